The molecule has 5 heteroatoms. The van der Waals surface area contributed by atoms with Gasteiger partial charge < -0.3 is 14.8 Å². The second kappa shape index (κ2) is 6.09. The molecule has 1 aromatic carbocycles. The molecule has 0 atom stereocenters. The normalized spacial score (nSPS) is 10.8. The average molecular weight is 285 g/mol. The van der Waals surface area contributed by atoms with Crippen LogP contribution in [0, 0.1) is 13.8 Å². The van der Waals surface area contributed by atoms with E-state index in [4.69, 9.17) is 9.52 Å². The standard InChI is InChI=1S/C16H15NO4/c1-10-3-6-13(9-12(10)5-8-15(18)19)17-16(20)14-7-4-11(2)21-14/h3-9H,1-2H3,(H,17,20)(H,18,19). The van der Waals surface area contributed by atoms with Crippen LogP contribution in [0.2, 0.25) is 0 Å². The van der Waals surface area contributed by atoms with Gasteiger partial charge in [0.05, 0.1) is 0 Å². The van der Waals surface area contributed by atoms with Crippen molar-refractivity contribution < 1.29 is 19.1 Å². The van der Waals surface area contributed by atoms with E-state index in [1.165, 1.54) is 6.08 Å². The molecule has 5 nitrogen and oxygen atoms in total. The molecule has 2 rings (SSSR count). The van der Waals surface area contributed by atoms with Crippen molar-refractivity contribution in [1.29, 1.82) is 0 Å². The first-order valence-electron chi connectivity index (χ1n) is 6.35. The predicted molar refractivity (Wildman–Crippen MR) is 79.2 cm³/mol. The maximum Gasteiger partial charge on any atom is 0.328 e. The molecule has 1 aromatic heterocycles. The van der Waals surface area contributed by atoms with Gasteiger partial charge in [-0.05, 0) is 55.3 Å². The Morgan fingerprint density at radius 2 is 1.95 bits per heavy atom. The van der Waals surface area contributed by atoms with Crippen molar-refractivity contribution in [3.8, 4) is 0 Å². The van der Waals surface area contributed by atoms with Crippen LogP contribution in [0.5, 0.6) is 0 Å². The molecule has 0 fully saturated rings. The van der Waals surface area contributed by atoms with Crippen molar-refractivity contribution >= 4 is 23.6 Å². The Morgan fingerprint density at radius 3 is 2.57 bits per heavy atom. The van der Waals surface area contributed by atoms with Crippen molar-refractivity contribution in [2.45, 2.75) is 13.8 Å². The van der Waals surface area contributed by atoms with Crippen LogP contribution < -0.4 is 5.32 Å². The fourth-order valence-corrected chi connectivity index (χ4v) is 1.81. The zero-order valence-corrected chi connectivity index (χ0v) is 11.7. The van der Waals surface area contributed by atoms with E-state index in [2.05, 4.69) is 5.32 Å². The number of aryl methyl sites for hydroxylation is 2. The van der Waals surface area contributed by atoms with Crippen LogP contribution in [0.3, 0.4) is 0 Å². The highest BCUT2D eigenvalue weighted by molar-refractivity contribution is 6.02. The van der Waals surface area contributed by atoms with Crippen LogP contribution in [0.15, 0.2) is 40.8 Å². The molecule has 0 saturated carbocycles. The van der Waals surface area contributed by atoms with Gasteiger partial charge in [-0.15, -0.1) is 0 Å². The van der Waals surface area contributed by atoms with E-state index in [9.17, 15) is 9.59 Å². The van der Waals surface area contributed by atoms with Gasteiger partial charge in [0.1, 0.15) is 5.76 Å². The molecule has 2 N–H and O–H groups in total. The van der Waals surface area contributed by atoms with Crippen LogP contribution in [-0.4, -0.2) is 17.0 Å². The summed E-state index contributed by atoms with van der Waals surface area (Å²) in [6.45, 7) is 3.63. The summed E-state index contributed by atoms with van der Waals surface area (Å²) in [5.41, 5.74) is 2.22. The number of nitrogens with one attached hydrogen (secondary N) is 1. The van der Waals surface area contributed by atoms with Crippen molar-refractivity contribution in [3.05, 3.63) is 59.1 Å². The number of anilines is 1. The van der Waals surface area contributed by atoms with Gasteiger partial charge in [-0.2, -0.15) is 0 Å². The lowest BCUT2D eigenvalue weighted by Crippen LogP contribution is -2.11. The number of hydrogen-bond acceptors (Lipinski definition) is 3. The topological polar surface area (TPSA) is 79.5 Å². The van der Waals surface area contributed by atoms with Gasteiger partial charge >= 0.3 is 5.97 Å². The van der Waals surface area contributed by atoms with Crippen LogP contribution in [0.1, 0.15) is 27.4 Å². The van der Waals surface area contributed by atoms with Gasteiger partial charge in [0.15, 0.2) is 5.76 Å². The SMILES string of the molecule is Cc1ccc(C(=O)Nc2ccc(C)c(C=CC(=O)O)c2)o1. The molecule has 1 amide bonds. The molecule has 0 aliphatic heterocycles. The number of benzene rings is 1. The number of aliphatic carboxylic acids is 1. The fraction of sp³-hybridized carbons (Fsp3) is 0.125. The molecule has 0 spiro atoms. The highest BCUT2D eigenvalue weighted by atomic mass is 16.4. The molecule has 0 unspecified atom stereocenters. The fourth-order valence-electron chi connectivity index (χ4n) is 1.81. The molecule has 0 radical (unpaired) electrons. The lowest BCUT2D eigenvalue weighted by molar-refractivity contribution is -0.131. The van der Waals surface area contributed by atoms with Crippen LogP contribution >= 0.6 is 0 Å². The third-order valence-electron chi connectivity index (χ3n) is 2.91. The molecule has 108 valence electrons. The van der Waals surface area contributed by atoms with Gasteiger partial charge in [-0.1, -0.05) is 6.07 Å². The first-order valence-corrected chi connectivity index (χ1v) is 6.35. The maximum absolute atomic E-state index is 12.0. The summed E-state index contributed by atoms with van der Waals surface area (Å²) >= 11 is 0. The molecule has 1 heterocycles. The lowest BCUT2D eigenvalue weighted by Gasteiger charge is -2.06. The minimum absolute atomic E-state index is 0.232. The zero-order valence-electron chi connectivity index (χ0n) is 11.7. The van der Waals surface area contributed by atoms with Crippen molar-refractivity contribution in [1.82, 2.24) is 0 Å². The molecule has 0 saturated heterocycles. The van der Waals surface area contributed by atoms with E-state index >= 15 is 0 Å². The molecule has 0 aliphatic carbocycles. The second-order valence-electron chi connectivity index (χ2n) is 4.61. The van der Waals surface area contributed by atoms with E-state index in [0.717, 1.165) is 17.2 Å². The first-order chi connectivity index (χ1) is 9.95. The Labute approximate surface area is 121 Å². The zero-order chi connectivity index (χ0) is 15.4. The smallest absolute Gasteiger partial charge is 0.328 e. The number of carbonyl (C=O) groups is 2. The van der Waals surface area contributed by atoms with Gasteiger partial charge in [-0.25, -0.2) is 4.79 Å². The predicted octanol–water partition coefficient (Wildman–Crippen LogP) is 3.25. The van der Waals surface area contributed by atoms with Crippen molar-refractivity contribution in [2.24, 2.45) is 0 Å². The largest absolute Gasteiger partial charge is 0.478 e. The minimum atomic E-state index is -1.02. The summed E-state index contributed by atoms with van der Waals surface area (Å²) in [7, 11) is 0. The highest BCUT2D eigenvalue weighted by Crippen LogP contribution is 2.18. The Kier molecular flexibility index (Phi) is 4.23. The summed E-state index contributed by atoms with van der Waals surface area (Å²) < 4.78 is 5.25. The summed E-state index contributed by atoms with van der Waals surface area (Å²) in [4.78, 5) is 22.5. The van der Waals surface area contributed by atoms with Crippen LogP contribution in [0.25, 0.3) is 6.08 Å². The Hall–Kier alpha value is -2.82. The number of carboxylic acid groups (broad SMARTS) is 1. The number of amides is 1. The summed E-state index contributed by atoms with van der Waals surface area (Å²) in [5, 5.41) is 11.4. The molecular formula is C16H15NO4. The number of carboxylic acids is 1. The quantitative estimate of drug-likeness (QED) is 0.845. The van der Waals surface area contributed by atoms with E-state index in [0.29, 0.717) is 11.4 Å². The molecule has 21 heavy (non-hydrogen) atoms. The number of carbonyl (C=O) groups excluding carboxylic acids is 1. The molecule has 0 aliphatic rings. The van der Waals surface area contributed by atoms with E-state index < -0.39 is 5.97 Å². The molecular weight excluding hydrogens is 270 g/mol. The summed E-state index contributed by atoms with van der Waals surface area (Å²) in [6.07, 6.45) is 2.55. The first kappa shape index (κ1) is 14.6. The van der Waals surface area contributed by atoms with E-state index in [1.54, 1.807) is 31.2 Å². The Balaban J connectivity index is 2.19. The van der Waals surface area contributed by atoms with Crippen LogP contribution in [0.4, 0.5) is 5.69 Å². The monoisotopic (exact) mass is 285 g/mol. The van der Waals surface area contributed by atoms with Gasteiger partial charge in [0.25, 0.3) is 5.91 Å². The second-order valence-corrected chi connectivity index (χ2v) is 4.61. The minimum Gasteiger partial charge on any atom is -0.478 e. The summed E-state index contributed by atoms with van der Waals surface area (Å²) in [6, 6.07) is 8.59. The molecule has 0 bridgehead atoms. The van der Waals surface area contributed by atoms with Crippen molar-refractivity contribution in [2.75, 3.05) is 5.32 Å². The Bertz CT molecular complexity index is 713. The average Bonchev–Trinajstić information content (AvgIpc) is 2.86. The lowest BCUT2D eigenvalue weighted by atomic mass is 10.1. The van der Waals surface area contributed by atoms with Crippen LogP contribution in [-0.2, 0) is 4.79 Å². The summed E-state index contributed by atoms with van der Waals surface area (Å²) in [5.74, 6) is -0.472. The third kappa shape index (κ3) is 3.82. The number of furan rings is 1. The Morgan fingerprint density at radius 1 is 1.19 bits per heavy atom. The van der Waals surface area contributed by atoms with Gasteiger partial charge in [0.2, 0.25) is 0 Å². The van der Waals surface area contributed by atoms with Crippen molar-refractivity contribution in [3.63, 3.8) is 0 Å². The number of hydrogen-bond donors (Lipinski definition) is 2. The van der Waals surface area contributed by atoms with Gasteiger partial charge in [-0.3, -0.25) is 4.79 Å². The van der Waals surface area contributed by atoms with Gasteiger partial charge in [0, 0.05) is 11.8 Å². The maximum atomic E-state index is 12.0. The number of rotatable bonds is 4. The van der Waals surface area contributed by atoms with E-state index in [-0.39, 0.29) is 11.7 Å². The molecule has 2 aromatic rings. The van der Waals surface area contributed by atoms with E-state index in [1.807, 2.05) is 13.0 Å². The highest BCUT2D eigenvalue weighted by Gasteiger charge is 2.10. The third-order valence-corrected chi connectivity index (χ3v) is 2.91.